The van der Waals surface area contributed by atoms with Crippen molar-refractivity contribution in [3.05, 3.63) is 33.6 Å². The third-order valence-corrected chi connectivity index (χ3v) is 4.02. The predicted molar refractivity (Wildman–Crippen MR) is 73.6 cm³/mol. The molecule has 0 bridgehead atoms. The van der Waals surface area contributed by atoms with Gasteiger partial charge in [0.05, 0.1) is 5.02 Å². The molecule has 18 heavy (non-hydrogen) atoms. The first-order valence-corrected chi connectivity index (χ1v) is 6.91. The zero-order chi connectivity index (χ0) is 13.3. The Labute approximate surface area is 117 Å². The van der Waals surface area contributed by atoms with Gasteiger partial charge in [0.1, 0.15) is 5.82 Å². The lowest BCUT2D eigenvalue weighted by Crippen LogP contribution is -2.34. The fraction of sp³-hybridized carbons (Fsp3) is 0.538. The third kappa shape index (κ3) is 2.80. The molecular formula is C13H17Cl2FN2. The topological polar surface area (TPSA) is 29.3 Å². The average molecular weight is 291 g/mol. The van der Waals surface area contributed by atoms with Crippen molar-refractivity contribution in [1.29, 1.82) is 0 Å². The van der Waals surface area contributed by atoms with Crippen LogP contribution in [0.25, 0.3) is 0 Å². The molecular weight excluding hydrogens is 274 g/mol. The Morgan fingerprint density at radius 1 is 1.39 bits per heavy atom. The summed E-state index contributed by atoms with van der Waals surface area (Å²) in [5.41, 5.74) is 6.10. The van der Waals surface area contributed by atoms with Crippen molar-refractivity contribution in [3.63, 3.8) is 0 Å². The van der Waals surface area contributed by atoms with E-state index < -0.39 is 5.82 Å². The molecule has 0 aliphatic heterocycles. The smallest absolute Gasteiger partial charge is 0.148 e. The Morgan fingerprint density at radius 3 is 2.56 bits per heavy atom. The zero-order valence-corrected chi connectivity index (χ0v) is 11.8. The Balaban J connectivity index is 2.31. The molecule has 1 aliphatic carbocycles. The Kier molecular flexibility index (Phi) is 4.49. The standard InChI is InChI=1S/C13H17Cl2FN2/c1-8(18(7-6-17)9-2-3-9)12-10(14)4-5-11(15)13(12)16/h4-5,8-9H,2-3,6-7,17H2,1H3. The average Bonchev–Trinajstić information content (AvgIpc) is 3.15. The summed E-state index contributed by atoms with van der Waals surface area (Å²) in [4.78, 5) is 2.21. The maximum Gasteiger partial charge on any atom is 0.148 e. The fourth-order valence-electron chi connectivity index (χ4n) is 2.34. The van der Waals surface area contributed by atoms with Crippen molar-refractivity contribution < 1.29 is 4.39 Å². The van der Waals surface area contributed by atoms with Gasteiger partial charge in [-0.25, -0.2) is 4.39 Å². The monoisotopic (exact) mass is 290 g/mol. The van der Waals surface area contributed by atoms with Crippen molar-refractivity contribution in [2.75, 3.05) is 13.1 Å². The molecule has 1 aliphatic rings. The van der Waals surface area contributed by atoms with E-state index in [0.29, 0.717) is 23.2 Å². The Hall–Kier alpha value is -0.350. The van der Waals surface area contributed by atoms with Crippen molar-refractivity contribution in [2.24, 2.45) is 5.73 Å². The van der Waals surface area contributed by atoms with Crippen molar-refractivity contribution in [1.82, 2.24) is 4.90 Å². The molecule has 5 heteroatoms. The molecule has 0 amide bonds. The number of rotatable bonds is 5. The van der Waals surface area contributed by atoms with Crippen LogP contribution in [0.3, 0.4) is 0 Å². The van der Waals surface area contributed by atoms with Crippen LogP contribution in [-0.2, 0) is 0 Å². The van der Waals surface area contributed by atoms with Crippen molar-refractivity contribution in [3.8, 4) is 0 Å². The van der Waals surface area contributed by atoms with Crippen molar-refractivity contribution >= 4 is 23.2 Å². The first-order chi connectivity index (χ1) is 8.56. The molecule has 0 heterocycles. The number of hydrogen-bond acceptors (Lipinski definition) is 2. The summed E-state index contributed by atoms with van der Waals surface area (Å²) in [5, 5.41) is 0.539. The van der Waals surface area contributed by atoms with E-state index in [9.17, 15) is 4.39 Å². The number of halogens is 3. The molecule has 1 unspecified atom stereocenters. The first-order valence-electron chi connectivity index (χ1n) is 6.15. The van der Waals surface area contributed by atoms with E-state index >= 15 is 0 Å². The van der Waals surface area contributed by atoms with Crippen LogP contribution in [0.4, 0.5) is 4.39 Å². The van der Waals surface area contributed by atoms with Gasteiger partial charge >= 0.3 is 0 Å². The molecule has 0 radical (unpaired) electrons. The van der Waals surface area contributed by atoms with Gasteiger partial charge in [-0.1, -0.05) is 23.2 Å². The molecule has 1 aromatic carbocycles. The van der Waals surface area contributed by atoms with Gasteiger partial charge < -0.3 is 5.73 Å². The van der Waals surface area contributed by atoms with Crippen LogP contribution in [0, 0.1) is 5.82 Å². The second-order valence-corrected chi connectivity index (χ2v) is 5.50. The van der Waals surface area contributed by atoms with E-state index in [-0.39, 0.29) is 11.1 Å². The highest BCUT2D eigenvalue weighted by Gasteiger charge is 2.34. The number of nitrogens with zero attached hydrogens (tertiary/aromatic N) is 1. The lowest BCUT2D eigenvalue weighted by molar-refractivity contribution is 0.202. The van der Waals surface area contributed by atoms with Gasteiger partial charge in [-0.05, 0) is 31.9 Å². The van der Waals surface area contributed by atoms with E-state index in [0.717, 1.165) is 19.4 Å². The van der Waals surface area contributed by atoms with Gasteiger partial charge in [-0.3, -0.25) is 4.90 Å². The second-order valence-electron chi connectivity index (χ2n) is 4.69. The van der Waals surface area contributed by atoms with E-state index in [2.05, 4.69) is 4.90 Å². The van der Waals surface area contributed by atoms with Crippen LogP contribution < -0.4 is 5.73 Å². The summed E-state index contributed by atoms with van der Waals surface area (Å²) >= 11 is 11.9. The largest absolute Gasteiger partial charge is 0.329 e. The fourth-order valence-corrected chi connectivity index (χ4v) is 2.81. The minimum Gasteiger partial charge on any atom is -0.329 e. The van der Waals surface area contributed by atoms with Crippen LogP contribution in [0.15, 0.2) is 12.1 Å². The van der Waals surface area contributed by atoms with E-state index in [1.54, 1.807) is 6.07 Å². The highest BCUT2D eigenvalue weighted by molar-refractivity contribution is 6.33. The lowest BCUT2D eigenvalue weighted by atomic mass is 10.1. The number of benzene rings is 1. The molecule has 1 aromatic rings. The van der Waals surface area contributed by atoms with Crippen LogP contribution in [0.1, 0.15) is 31.4 Å². The van der Waals surface area contributed by atoms with Crippen LogP contribution in [-0.4, -0.2) is 24.0 Å². The number of hydrogen-bond donors (Lipinski definition) is 1. The van der Waals surface area contributed by atoms with Crippen molar-refractivity contribution in [2.45, 2.75) is 31.8 Å². The quantitative estimate of drug-likeness (QED) is 0.840. The Bertz CT molecular complexity index is 435. The molecule has 100 valence electrons. The van der Waals surface area contributed by atoms with Gasteiger partial charge in [0.15, 0.2) is 0 Å². The summed E-state index contributed by atoms with van der Waals surface area (Å²) in [6, 6.07) is 3.52. The molecule has 2 rings (SSSR count). The maximum atomic E-state index is 14.1. The highest BCUT2D eigenvalue weighted by atomic mass is 35.5. The lowest BCUT2D eigenvalue weighted by Gasteiger charge is -2.30. The van der Waals surface area contributed by atoms with E-state index in [4.69, 9.17) is 28.9 Å². The second kappa shape index (κ2) is 5.74. The summed E-state index contributed by atoms with van der Waals surface area (Å²) in [6.45, 7) is 3.25. The minimum absolute atomic E-state index is 0.104. The van der Waals surface area contributed by atoms with Gasteiger partial charge in [0, 0.05) is 35.8 Å². The molecule has 2 N–H and O–H groups in total. The minimum atomic E-state index is -0.417. The molecule has 0 saturated heterocycles. The van der Waals surface area contributed by atoms with Gasteiger partial charge in [-0.15, -0.1) is 0 Å². The molecule has 0 aromatic heterocycles. The van der Waals surface area contributed by atoms with Crippen LogP contribution in [0.5, 0.6) is 0 Å². The van der Waals surface area contributed by atoms with E-state index in [1.807, 2.05) is 6.92 Å². The molecule has 1 atom stereocenters. The van der Waals surface area contributed by atoms with Crippen LogP contribution >= 0.6 is 23.2 Å². The molecule has 1 fully saturated rings. The summed E-state index contributed by atoms with van der Waals surface area (Å²) in [7, 11) is 0. The predicted octanol–water partition coefficient (Wildman–Crippen LogP) is 3.62. The van der Waals surface area contributed by atoms with Gasteiger partial charge in [0.2, 0.25) is 0 Å². The third-order valence-electron chi connectivity index (χ3n) is 3.40. The maximum absolute atomic E-state index is 14.1. The summed E-state index contributed by atoms with van der Waals surface area (Å²) < 4.78 is 14.1. The number of nitrogens with two attached hydrogens (primary N) is 1. The van der Waals surface area contributed by atoms with Gasteiger partial charge in [-0.2, -0.15) is 0 Å². The molecule has 2 nitrogen and oxygen atoms in total. The summed E-state index contributed by atoms with van der Waals surface area (Å²) in [5.74, 6) is -0.417. The Morgan fingerprint density at radius 2 is 2.00 bits per heavy atom. The molecule has 0 spiro atoms. The molecule has 1 saturated carbocycles. The zero-order valence-electron chi connectivity index (χ0n) is 10.3. The SMILES string of the molecule is CC(c1c(Cl)ccc(Cl)c1F)N(CCN)C1CC1. The first kappa shape index (κ1) is 14.1. The summed E-state index contributed by atoms with van der Waals surface area (Å²) in [6.07, 6.45) is 2.29. The highest BCUT2D eigenvalue weighted by Crippen LogP contribution is 2.38. The van der Waals surface area contributed by atoms with Crippen LogP contribution in [0.2, 0.25) is 10.0 Å². The normalized spacial score (nSPS) is 17.2. The van der Waals surface area contributed by atoms with E-state index in [1.165, 1.54) is 6.07 Å². The van der Waals surface area contributed by atoms with Gasteiger partial charge in [0.25, 0.3) is 0 Å².